The number of rotatable bonds is 5. The molecule has 0 fully saturated rings. The topological polar surface area (TPSA) is 38.0 Å². The molecule has 0 radical (unpaired) electrons. The average Bonchev–Trinajstić information content (AvgIpc) is 2.43. The normalized spacial score (nSPS) is 11.3. The Bertz CT molecular complexity index is 321. The van der Waals surface area contributed by atoms with Crippen LogP contribution in [0, 0.1) is 5.92 Å². The van der Waals surface area contributed by atoms with Crippen LogP contribution >= 0.6 is 11.6 Å². The lowest BCUT2D eigenvalue weighted by Crippen LogP contribution is -2.06. The third-order valence-electron chi connectivity index (χ3n) is 2.25. The van der Waals surface area contributed by atoms with Gasteiger partial charge in [0.25, 0.3) is 0 Å². The molecule has 0 aliphatic carbocycles. The number of hydrogen-bond donors (Lipinski definition) is 1. The fourth-order valence-corrected chi connectivity index (χ4v) is 1.86. The van der Waals surface area contributed by atoms with E-state index in [1.807, 2.05) is 0 Å². The van der Waals surface area contributed by atoms with E-state index in [9.17, 15) is 5.11 Å². The maximum atomic E-state index is 9.24. The minimum Gasteiger partial charge on any atom is -0.391 e. The Labute approximate surface area is 96.1 Å². The van der Waals surface area contributed by atoms with Crippen molar-refractivity contribution in [3.05, 3.63) is 16.4 Å². The Morgan fingerprint density at radius 2 is 2.13 bits per heavy atom. The van der Waals surface area contributed by atoms with Gasteiger partial charge >= 0.3 is 0 Å². The number of aromatic nitrogens is 2. The predicted octanol–water partition coefficient (Wildman–Crippen LogP) is 2.64. The highest BCUT2D eigenvalue weighted by Gasteiger charge is 2.15. The Morgan fingerprint density at radius 1 is 1.47 bits per heavy atom. The third kappa shape index (κ3) is 2.95. The maximum absolute atomic E-state index is 9.24. The lowest BCUT2D eigenvalue weighted by Gasteiger charge is -2.05. The van der Waals surface area contributed by atoms with Crippen molar-refractivity contribution in [1.82, 2.24) is 9.78 Å². The molecule has 15 heavy (non-hydrogen) atoms. The standard InChI is InChI=1S/C11H19ClN2O/c1-4-5-10-9(7-15)11(12)14(13-10)6-8(2)3/h8,15H,4-7H2,1-3H3. The van der Waals surface area contributed by atoms with Crippen LogP contribution in [0.2, 0.25) is 5.15 Å². The van der Waals surface area contributed by atoms with Crippen LogP contribution in [0.4, 0.5) is 0 Å². The molecule has 86 valence electrons. The van der Waals surface area contributed by atoms with Gasteiger partial charge in [-0.25, -0.2) is 0 Å². The fourth-order valence-electron chi connectivity index (χ4n) is 1.59. The van der Waals surface area contributed by atoms with Gasteiger partial charge in [-0.3, -0.25) is 4.68 Å². The molecule has 1 aromatic rings. The van der Waals surface area contributed by atoms with Crippen molar-refractivity contribution in [1.29, 1.82) is 0 Å². The summed E-state index contributed by atoms with van der Waals surface area (Å²) in [6.45, 7) is 7.12. The Kier molecular flexibility index (Phi) is 4.61. The molecule has 0 spiro atoms. The quantitative estimate of drug-likeness (QED) is 0.845. The van der Waals surface area contributed by atoms with Crippen molar-refractivity contribution >= 4 is 11.6 Å². The maximum Gasteiger partial charge on any atom is 0.132 e. The molecule has 0 saturated carbocycles. The van der Waals surface area contributed by atoms with E-state index < -0.39 is 0 Å². The number of aryl methyl sites for hydroxylation is 1. The van der Waals surface area contributed by atoms with Gasteiger partial charge in [-0.1, -0.05) is 38.8 Å². The van der Waals surface area contributed by atoms with Gasteiger partial charge in [0, 0.05) is 12.1 Å². The third-order valence-corrected chi connectivity index (χ3v) is 2.67. The lowest BCUT2D eigenvalue weighted by molar-refractivity contribution is 0.280. The summed E-state index contributed by atoms with van der Waals surface area (Å²) in [5.74, 6) is 0.503. The highest BCUT2D eigenvalue weighted by molar-refractivity contribution is 6.30. The number of halogens is 1. The largest absolute Gasteiger partial charge is 0.391 e. The SMILES string of the molecule is CCCc1nn(CC(C)C)c(Cl)c1CO. The highest BCUT2D eigenvalue weighted by Crippen LogP contribution is 2.22. The van der Waals surface area contributed by atoms with Gasteiger partial charge in [0.15, 0.2) is 0 Å². The molecule has 0 bridgehead atoms. The molecule has 0 aliphatic rings. The zero-order valence-electron chi connectivity index (χ0n) is 9.63. The lowest BCUT2D eigenvalue weighted by atomic mass is 10.2. The van der Waals surface area contributed by atoms with Gasteiger partial charge in [-0.05, 0) is 12.3 Å². The van der Waals surface area contributed by atoms with Crippen LogP contribution in [0.3, 0.4) is 0 Å². The van der Waals surface area contributed by atoms with Gasteiger partial charge in [-0.15, -0.1) is 0 Å². The number of aliphatic hydroxyl groups excluding tert-OH is 1. The molecule has 0 atom stereocenters. The van der Waals surface area contributed by atoms with Crippen LogP contribution in [-0.4, -0.2) is 14.9 Å². The monoisotopic (exact) mass is 230 g/mol. The summed E-state index contributed by atoms with van der Waals surface area (Å²) < 4.78 is 1.79. The molecule has 1 rings (SSSR count). The molecule has 3 nitrogen and oxygen atoms in total. The van der Waals surface area contributed by atoms with Gasteiger partial charge in [0.1, 0.15) is 5.15 Å². The summed E-state index contributed by atoms with van der Waals surface area (Å²) in [6.07, 6.45) is 1.89. The first-order valence-electron chi connectivity index (χ1n) is 5.45. The number of nitrogens with zero attached hydrogens (tertiary/aromatic N) is 2. The Morgan fingerprint density at radius 3 is 2.60 bits per heavy atom. The minimum absolute atomic E-state index is 0.0216. The van der Waals surface area contributed by atoms with E-state index in [0.29, 0.717) is 11.1 Å². The molecule has 1 N–H and O–H groups in total. The molecule has 0 saturated heterocycles. The number of aliphatic hydroxyl groups is 1. The molecule has 0 unspecified atom stereocenters. The van der Waals surface area contributed by atoms with Crippen molar-refractivity contribution < 1.29 is 5.11 Å². The van der Waals surface area contributed by atoms with Crippen molar-refractivity contribution in [2.75, 3.05) is 0 Å². The summed E-state index contributed by atoms with van der Waals surface area (Å²) >= 11 is 6.15. The van der Waals surface area contributed by atoms with Crippen LogP contribution in [0.1, 0.15) is 38.4 Å². The molecule has 0 amide bonds. The molecule has 4 heteroatoms. The fraction of sp³-hybridized carbons (Fsp3) is 0.727. The van der Waals surface area contributed by atoms with Crippen LogP contribution < -0.4 is 0 Å². The summed E-state index contributed by atoms with van der Waals surface area (Å²) in [7, 11) is 0. The van der Waals surface area contributed by atoms with E-state index in [1.165, 1.54) is 0 Å². The van der Waals surface area contributed by atoms with Gasteiger partial charge in [-0.2, -0.15) is 5.10 Å². The molecule has 1 heterocycles. The van der Waals surface area contributed by atoms with Gasteiger partial charge in [0.05, 0.1) is 12.3 Å². The van der Waals surface area contributed by atoms with Crippen LogP contribution in [0.15, 0.2) is 0 Å². The van der Waals surface area contributed by atoms with Crippen molar-refractivity contribution in [3.8, 4) is 0 Å². The molecule has 0 aromatic carbocycles. The Hall–Kier alpha value is -0.540. The first-order chi connectivity index (χ1) is 7.10. The zero-order valence-corrected chi connectivity index (χ0v) is 10.4. The smallest absolute Gasteiger partial charge is 0.132 e. The first kappa shape index (κ1) is 12.5. The van der Waals surface area contributed by atoms with E-state index in [0.717, 1.165) is 30.6 Å². The van der Waals surface area contributed by atoms with E-state index >= 15 is 0 Å². The van der Waals surface area contributed by atoms with Crippen LogP contribution in [-0.2, 0) is 19.6 Å². The van der Waals surface area contributed by atoms with Crippen molar-refractivity contribution in [2.24, 2.45) is 5.92 Å². The van der Waals surface area contributed by atoms with Crippen molar-refractivity contribution in [2.45, 2.75) is 46.8 Å². The summed E-state index contributed by atoms with van der Waals surface area (Å²) in [5, 5.41) is 14.3. The summed E-state index contributed by atoms with van der Waals surface area (Å²) in [6, 6.07) is 0. The molecular formula is C11H19ClN2O. The summed E-state index contributed by atoms with van der Waals surface area (Å²) in [4.78, 5) is 0. The predicted molar refractivity (Wildman–Crippen MR) is 62.0 cm³/mol. The van der Waals surface area contributed by atoms with E-state index in [4.69, 9.17) is 11.6 Å². The second-order valence-corrected chi connectivity index (χ2v) is 4.56. The van der Waals surface area contributed by atoms with E-state index in [-0.39, 0.29) is 6.61 Å². The second kappa shape index (κ2) is 5.52. The van der Waals surface area contributed by atoms with Crippen LogP contribution in [0.5, 0.6) is 0 Å². The van der Waals surface area contributed by atoms with Crippen molar-refractivity contribution in [3.63, 3.8) is 0 Å². The molecule has 1 aromatic heterocycles. The average molecular weight is 231 g/mol. The van der Waals surface area contributed by atoms with E-state index in [2.05, 4.69) is 25.9 Å². The molecular weight excluding hydrogens is 212 g/mol. The summed E-state index contributed by atoms with van der Waals surface area (Å²) in [5.41, 5.74) is 1.73. The first-order valence-corrected chi connectivity index (χ1v) is 5.82. The molecule has 0 aliphatic heterocycles. The number of hydrogen-bond acceptors (Lipinski definition) is 2. The van der Waals surface area contributed by atoms with Crippen LogP contribution in [0.25, 0.3) is 0 Å². The van der Waals surface area contributed by atoms with Gasteiger partial charge in [0.2, 0.25) is 0 Å². The minimum atomic E-state index is -0.0216. The Balaban J connectivity index is 2.98. The second-order valence-electron chi connectivity index (χ2n) is 4.20. The van der Waals surface area contributed by atoms with Gasteiger partial charge < -0.3 is 5.11 Å². The van der Waals surface area contributed by atoms with E-state index in [1.54, 1.807) is 4.68 Å². The zero-order chi connectivity index (χ0) is 11.4. The highest BCUT2D eigenvalue weighted by atomic mass is 35.5.